The van der Waals surface area contributed by atoms with Gasteiger partial charge in [0.2, 0.25) is 0 Å². The Labute approximate surface area is 130 Å². The first-order valence-corrected chi connectivity index (χ1v) is 4.73. The molecule has 0 saturated carbocycles. The van der Waals surface area contributed by atoms with Crippen LogP contribution < -0.4 is 29.6 Å². The molecule has 0 amide bonds. The van der Waals surface area contributed by atoms with E-state index in [4.69, 9.17) is 9.84 Å². The topological polar surface area (TPSA) is 29.5 Å². The average molecular weight is 354 g/mol. The number of halogens is 2. The van der Waals surface area contributed by atoms with Crippen LogP contribution in [0.1, 0.15) is 0 Å². The number of benzene rings is 1. The largest absolute Gasteiger partial charge is 2.00 e. The van der Waals surface area contributed by atoms with Crippen LogP contribution in [0.5, 0.6) is 16.6 Å². The Balaban J connectivity index is 0. The quantitative estimate of drug-likeness (QED) is 0.634. The number of ether oxygens (including phenoxy) is 1. The summed E-state index contributed by atoms with van der Waals surface area (Å²) in [6.45, 7) is 0. The predicted molar refractivity (Wildman–Crippen MR) is 52.5 cm³/mol. The Kier molecular flexibility index (Phi) is 10.4. The summed E-state index contributed by atoms with van der Waals surface area (Å²) in [6, 6.07) is 10.6. The molecule has 2 nitrogen and oxygen atoms in total. The van der Waals surface area contributed by atoms with Crippen LogP contribution in [-0.2, 0) is 26.2 Å². The van der Waals surface area contributed by atoms with E-state index in [2.05, 4.69) is 0 Å². The van der Waals surface area contributed by atoms with Gasteiger partial charge in [-0.1, -0.05) is 6.07 Å². The van der Waals surface area contributed by atoms with Crippen molar-refractivity contribution in [2.75, 3.05) is 0 Å². The first-order chi connectivity index (χ1) is 6.34. The fraction of sp³-hybridized carbons (Fsp3) is 0. The average Bonchev–Trinajstić information content (AvgIpc) is 2.57. The molecule has 1 aromatic carbocycles. The number of phenols is 1. The molecule has 0 atom stereocenters. The third kappa shape index (κ3) is 5.35. The minimum absolute atomic E-state index is 0. The second kappa shape index (κ2) is 9.06. The number of rotatable bonds is 2. The van der Waals surface area contributed by atoms with Gasteiger partial charge < -0.3 is 34.7 Å². The summed E-state index contributed by atoms with van der Waals surface area (Å²) in [5.74, 6) is 0.872. The molecule has 0 unspecified atom stereocenters. The molecule has 1 N–H and O–H groups in total. The van der Waals surface area contributed by atoms with Crippen molar-refractivity contribution in [2.45, 2.75) is 0 Å². The standard InChI is InChI=1S/C10H8O2S.2ClH.Zr/c11-8-3-1-4-9(7-8)12-10-5-2-6-13-10;;;/h1-7,11H;2*1H;/q;;;+2/p-2. The first kappa shape index (κ1) is 18.4. The molecule has 1 aromatic heterocycles. The van der Waals surface area contributed by atoms with E-state index >= 15 is 0 Å². The molecule has 0 fully saturated rings. The molecule has 0 aliphatic heterocycles. The summed E-state index contributed by atoms with van der Waals surface area (Å²) in [4.78, 5) is 0. The van der Waals surface area contributed by atoms with E-state index in [0.29, 0.717) is 5.75 Å². The van der Waals surface area contributed by atoms with Crippen LogP contribution in [-0.4, -0.2) is 5.11 Å². The van der Waals surface area contributed by atoms with Gasteiger partial charge in [0, 0.05) is 6.07 Å². The van der Waals surface area contributed by atoms with E-state index in [1.165, 1.54) is 11.3 Å². The van der Waals surface area contributed by atoms with Crippen LogP contribution in [0.15, 0.2) is 41.8 Å². The summed E-state index contributed by atoms with van der Waals surface area (Å²) in [6.07, 6.45) is 0. The number of phenolic OH excluding ortho intramolecular Hbond substituents is 1. The van der Waals surface area contributed by atoms with Crippen LogP contribution in [0.2, 0.25) is 0 Å². The van der Waals surface area contributed by atoms with Crippen molar-refractivity contribution in [3.05, 3.63) is 41.8 Å². The molecule has 0 aliphatic rings. The zero-order chi connectivity index (χ0) is 9.10. The van der Waals surface area contributed by atoms with Gasteiger partial charge >= 0.3 is 26.2 Å². The molecule has 84 valence electrons. The van der Waals surface area contributed by atoms with Gasteiger partial charge in [-0.05, 0) is 29.6 Å². The van der Waals surface area contributed by atoms with E-state index in [9.17, 15) is 0 Å². The minimum Gasteiger partial charge on any atom is -1.00 e. The smallest absolute Gasteiger partial charge is 1.00 e. The van der Waals surface area contributed by atoms with E-state index in [1.807, 2.05) is 17.5 Å². The predicted octanol–water partition coefficient (Wildman–Crippen LogP) is -2.75. The third-order valence-corrected chi connectivity index (χ3v) is 2.28. The fourth-order valence-electron chi connectivity index (χ4n) is 0.985. The molecule has 0 bridgehead atoms. The van der Waals surface area contributed by atoms with Crippen molar-refractivity contribution >= 4 is 11.3 Å². The van der Waals surface area contributed by atoms with Crippen molar-refractivity contribution in [3.8, 4) is 16.6 Å². The maximum atomic E-state index is 9.17. The van der Waals surface area contributed by atoms with Gasteiger partial charge in [-0.3, -0.25) is 0 Å². The molecule has 0 saturated heterocycles. The monoisotopic (exact) mass is 352 g/mol. The molecule has 0 spiro atoms. The van der Waals surface area contributed by atoms with Crippen molar-refractivity contribution in [1.82, 2.24) is 0 Å². The van der Waals surface area contributed by atoms with Gasteiger partial charge in [0.15, 0.2) is 5.06 Å². The summed E-state index contributed by atoms with van der Waals surface area (Å²) < 4.78 is 5.46. The van der Waals surface area contributed by atoms with E-state index < -0.39 is 0 Å². The molecule has 6 heteroatoms. The molecule has 0 radical (unpaired) electrons. The Morgan fingerprint density at radius 2 is 1.81 bits per heavy atom. The van der Waals surface area contributed by atoms with Crippen LogP contribution in [0.3, 0.4) is 0 Å². The number of hydrogen-bond acceptors (Lipinski definition) is 3. The van der Waals surface area contributed by atoms with Crippen molar-refractivity contribution in [1.29, 1.82) is 0 Å². The van der Waals surface area contributed by atoms with Crippen LogP contribution in [0.25, 0.3) is 0 Å². The molecule has 2 rings (SSSR count). The van der Waals surface area contributed by atoms with Gasteiger partial charge in [0.25, 0.3) is 0 Å². The summed E-state index contributed by atoms with van der Waals surface area (Å²) in [7, 11) is 0. The van der Waals surface area contributed by atoms with E-state index in [1.54, 1.807) is 24.3 Å². The third-order valence-electron chi connectivity index (χ3n) is 1.53. The minimum atomic E-state index is 0. The summed E-state index contributed by atoms with van der Waals surface area (Å²) >= 11 is 1.52. The number of thiophene rings is 1. The van der Waals surface area contributed by atoms with Crippen molar-refractivity contribution < 1.29 is 60.9 Å². The van der Waals surface area contributed by atoms with Gasteiger partial charge in [-0.2, -0.15) is 0 Å². The Hall–Kier alpha value is -0.0169. The fourth-order valence-corrected chi connectivity index (χ4v) is 1.58. The molecule has 1 heterocycles. The second-order valence-corrected chi connectivity index (χ2v) is 3.44. The van der Waals surface area contributed by atoms with Crippen LogP contribution >= 0.6 is 11.3 Å². The Morgan fingerprint density at radius 1 is 1.06 bits per heavy atom. The normalized spacial score (nSPS) is 8.00. The van der Waals surface area contributed by atoms with E-state index in [-0.39, 0.29) is 56.8 Å². The Morgan fingerprint density at radius 3 is 2.38 bits per heavy atom. The molecule has 2 aromatic rings. The maximum Gasteiger partial charge on any atom is 2.00 e. The second-order valence-electron chi connectivity index (χ2n) is 2.53. The first-order valence-electron chi connectivity index (χ1n) is 3.85. The zero-order valence-corrected chi connectivity index (χ0v) is 12.8. The van der Waals surface area contributed by atoms with Gasteiger partial charge in [-0.25, -0.2) is 0 Å². The SMILES string of the molecule is Oc1cccc(Oc2cccs2)c1.[Cl-].[Cl-].[Zr+2]. The Bertz CT molecular complexity index is 395. The van der Waals surface area contributed by atoms with Crippen molar-refractivity contribution in [2.24, 2.45) is 0 Å². The van der Waals surface area contributed by atoms with Gasteiger partial charge in [0.1, 0.15) is 11.5 Å². The van der Waals surface area contributed by atoms with E-state index in [0.717, 1.165) is 5.06 Å². The zero-order valence-electron chi connectivity index (χ0n) is 8.06. The molecular weight excluding hydrogens is 346 g/mol. The number of aromatic hydroxyl groups is 1. The maximum absolute atomic E-state index is 9.17. The van der Waals surface area contributed by atoms with Crippen LogP contribution in [0.4, 0.5) is 0 Å². The molecular formula is C10H8Cl2O2SZr. The van der Waals surface area contributed by atoms with Crippen LogP contribution in [0, 0.1) is 0 Å². The van der Waals surface area contributed by atoms with Crippen molar-refractivity contribution in [3.63, 3.8) is 0 Å². The molecule has 16 heavy (non-hydrogen) atoms. The summed E-state index contributed by atoms with van der Waals surface area (Å²) in [5.41, 5.74) is 0. The summed E-state index contributed by atoms with van der Waals surface area (Å²) in [5, 5.41) is 11.9. The van der Waals surface area contributed by atoms with Gasteiger partial charge in [0.05, 0.1) is 0 Å². The molecule has 0 aliphatic carbocycles. The van der Waals surface area contributed by atoms with Gasteiger partial charge in [-0.15, -0.1) is 11.3 Å². The number of hydrogen-bond donors (Lipinski definition) is 1.